The first-order valence-corrected chi connectivity index (χ1v) is 10.2. The van der Waals surface area contributed by atoms with Gasteiger partial charge in [0.05, 0.1) is 22.9 Å². The number of piperazine rings is 1. The van der Waals surface area contributed by atoms with E-state index in [9.17, 15) is 4.79 Å². The first-order chi connectivity index (χ1) is 13.2. The van der Waals surface area contributed by atoms with Gasteiger partial charge in [0.15, 0.2) is 0 Å². The standard InChI is InChI=1S/C21H23N3O2S/c1-26-21(25)17-8-6-16(7-9-17)14-23-10-12-24(13-11-23)15-20-22-18-4-2-3-5-19(18)27-20/h2-9H,10-15H2,1H3/p+2. The van der Waals surface area contributed by atoms with Gasteiger partial charge in [0, 0.05) is 5.56 Å². The number of carbonyl (C=O) groups excluding carboxylic acids is 1. The van der Waals surface area contributed by atoms with Crippen LogP contribution in [-0.4, -0.2) is 44.2 Å². The van der Waals surface area contributed by atoms with Gasteiger partial charge >= 0.3 is 5.97 Å². The number of carbonyl (C=O) groups is 1. The summed E-state index contributed by atoms with van der Waals surface area (Å²) < 4.78 is 6.04. The van der Waals surface area contributed by atoms with E-state index in [4.69, 9.17) is 9.72 Å². The number of fused-ring (bicyclic) bond motifs is 1. The lowest BCUT2D eigenvalue weighted by Gasteiger charge is -2.29. The molecule has 0 aliphatic carbocycles. The third kappa shape index (κ3) is 4.35. The lowest BCUT2D eigenvalue weighted by Crippen LogP contribution is -3.27. The molecule has 0 spiro atoms. The van der Waals surface area contributed by atoms with E-state index in [-0.39, 0.29) is 5.97 Å². The Kier molecular flexibility index (Phi) is 5.48. The molecule has 1 aliphatic heterocycles. The summed E-state index contributed by atoms with van der Waals surface area (Å²) >= 11 is 1.82. The molecule has 0 amide bonds. The van der Waals surface area contributed by atoms with Crippen molar-refractivity contribution >= 4 is 27.5 Å². The highest BCUT2D eigenvalue weighted by Gasteiger charge is 2.24. The number of hydrogen-bond donors (Lipinski definition) is 2. The number of para-hydroxylation sites is 1. The van der Waals surface area contributed by atoms with Crippen LogP contribution in [0, 0.1) is 0 Å². The second-order valence-electron chi connectivity index (χ2n) is 7.12. The van der Waals surface area contributed by atoms with Gasteiger partial charge in [-0.15, -0.1) is 11.3 Å². The Morgan fingerprint density at radius 2 is 1.67 bits per heavy atom. The van der Waals surface area contributed by atoms with Crippen molar-refractivity contribution in [2.45, 2.75) is 13.1 Å². The average molecular weight is 384 g/mol. The molecule has 1 fully saturated rings. The van der Waals surface area contributed by atoms with E-state index in [1.807, 2.05) is 35.6 Å². The number of esters is 1. The number of methoxy groups -OCH3 is 1. The van der Waals surface area contributed by atoms with Gasteiger partial charge < -0.3 is 14.5 Å². The van der Waals surface area contributed by atoms with Crippen LogP contribution in [0.4, 0.5) is 0 Å². The average Bonchev–Trinajstić information content (AvgIpc) is 3.12. The summed E-state index contributed by atoms with van der Waals surface area (Å²) in [4.78, 5) is 19.5. The number of nitrogens with one attached hydrogen (secondary N) is 2. The van der Waals surface area contributed by atoms with E-state index in [1.165, 1.54) is 48.6 Å². The number of hydrogen-bond acceptors (Lipinski definition) is 4. The van der Waals surface area contributed by atoms with E-state index in [0.29, 0.717) is 5.56 Å². The van der Waals surface area contributed by atoms with Crippen molar-refractivity contribution < 1.29 is 19.3 Å². The molecule has 2 aromatic carbocycles. The van der Waals surface area contributed by atoms with E-state index >= 15 is 0 Å². The third-order valence-electron chi connectivity index (χ3n) is 5.23. The van der Waals surface area contributed by atoms with Crippen molar-refractivity contribution in [3.63, 3.8) is 0 Å². The Balaban J connectivity index is 1.29. The molecule has 140 valence electrons. The highest BCUT2D eigenvalue weighted by Crippen LogP contribution is 2.20. The summed E-state index contributed by atoms with van der Waals surface area (Å²) in [6.45, 7) is 6.71. The fourth-order valence-electron chi connectivity index (χ4n) is 3.69. The first-order valence-electron chi connectivity index (χ1n) is 9.40. The molecule has 3 aromatic rings. The summed E-state index contributed by atoms with van der Waals surface area (Å²) in [5, 5.41) is 1.24. The Hall–Kier alpha value is -2.28. The maximum Gasteiger partial charge on any atom is 0.337 e. The van der Waals surface area contributed by atoms with Crippen LogP contribution in [0.1, 0.15) is 20.9 Å². The number of rotatable bonds is 5. The number of quaternary nitrogens is 2. The predicted molar refractivity (Wildman–Crippen MR) is 106 cm³/mol. The van der Waals surface area contributed by atoms with Crippen molar-refractivity contribution in [2.75, 3.05) is 33.3 Å². The van der Waals surface area contributed by atoms with Crippen molar-refractivity contribution in [1.82, 2.24) is 4.98 Å². The minimum Gasteiger partial charge on any atom is -0.465 e. The van der Waals surface area contributed by atoms with Crippen LogP contribution in [0.5, 0.6) is 0 Å². The minimum absolute atomic E-state index is 0.277. The van der Waals surface area contributed by atoms with Crippen LogP contribution in [0.15, 0.2) is 48.5 Å². The molecule has 4 rings (SSSR count). The van der Waals surface area contributed by atoms with Gasteiger partial charge in [-0.05, 0) is 24.3 Å². The molecule has 5 nitrogen and oxygen atoms in total. The molecule has 1 saturated heterocycles. The first kappa shape index (κ1) is 18.1. The zero-order valence-corrected chi connectivity index (χ0v) is 16.3. The van der Waals surface area contributed by atoms with E-state index in [0.717, 1.165) is 18.6 Å². The summed E-state index contributed by atoms with van der Waals surface area (Å²) in [5.74, 6) is -0.277. The van der Waals surface area contributed by atoms with Gasteiger partial charge in [-0.2, -0.15) is 0 Å². The molecule has 1 aromatic heterocycles. The summed E-state index contributed by atoms with van der Waals surface area (Å²) in [6.07, 6.45) is 0. The fraction of sp³-hybridized carbons (Fsp3) is 0.333. The van der Waals surface area contributed by atoms with Crippen molar-refractivity contribution in [3.05, 3.63) is 64.7 Å². The Labute approximate surface area is 163 Å². The molecule has 6 heteroatoms. The molecule has 2 heterocycles. The minimum atomic E-state index is -0.277. The topological polar surface area (TPSA) is 48.1 Å². The number of aromatic nitrogens is 1. The lowest BCUT2D eigenvalue weighted by molar-refractivity contribution is -1.02. The summed E-state index contributed by atoms with van der Waals surface area (Å²) in [5.41, 5.74) is 3.00. The molecule has 0 bridgehead atoms. The smallest absolute Gasteiger partial charge is 0.337 e. The van der Waals surface area contributed by atoms with E-state index < -0.39 is 0 Å². The predicted octanol–water partition coefficient (Wildman–Crippen LogP) is 0.567. The SMILES string of the molecule is COC(=O)c1ccc(C[NH+]2CC[NH+](Cc3nc4ccccc4s3)CC2)cc1. The Morgan fingerprint density at radius 3 is 2.33 bits per heavy atom. The van der Waals surface area contributed by atoms with Gasteiger partial charge in [-0.3, -0.25) is 0 Å². The van der Waals surface area contributed by atoms with Crippen LogP contribution >= 0.6 is 11.3 Å². The largest absolute Gasteiger partial charge is 0.465 e. The monoisotopic (exact) mass is 383 g/mol. The highest BCUT2D eigenvalue weighted by atomic mass is 32.1. The zero-order valence-electron chi connectivity index (χ0n) is 15.5. The van der Waals surface area contributed by atoms with E-state index in [2.05, 4.69) is 24.3 Å². The van der Waals surface area contributed by atoms with Crippen LogP contribution in [0.2, 0.25) is 0 Å². The molecule has 27 heavy (non-hydrogen) atoms. The third-order valence-corrected chi connectivity index (χ3v) is 6.27. The quantitative estimate of drug-likeness (QED) is 0.634. The molecular formula is C21H25N3O2S+2. The van der Waals surface area contributed by atoms with Gasteiger partial charge in [-0.25, -0.2) is 9.78 Å². The number of thiazole rings is 1. The van der Waals surface area contributed by atoms with Gasteiger partial charge in [0.2, 0.25) is 0 Å². The van der Waals surface area contributed by atoms with Crippen LogP contribution in [-0.2, 0) is 17.8 Å². The molecule has 2 N–H and O–H groups in total. The maximum atomic E-state index is 11.5. The van der Waals surface area contributed by atoms with Crippen LogP contribution in [0.25, 0.3) is 10.2 Å². The second kappa shape index (κ2) is 8.17. The molecule has 0 saturated carbocycles. The van der Waals surface area contributed by atoms with Crippen molar-refractivity contribution in [3.8, 4) is 0 Å². The number of nitrogens with zero attached hydrogens (tertiary/aromatic N) is 1. The summed E-state index contributed by atoms with van der Waals surface area (Å²) in [7, 11) is 1.41. The highest BCUT2D eigenvalue weighted by molar-refractivity contribution is 7.18. The molecule has 0 radical (unpaired) electrons. The van der Waals surface area contributed by atoms with Crippen LogP contribution in [0.3, 0.4) is 0 Å². The Bertz CT molecular complexity index is 882. The van der Waals surface area contributed by atoms with Crippen LogP contribution < -0.4 is 9.80 Å². The Morgan fingerprint density at radius 1 is 1.00 bits per heavy atom. The summed E-state index contributed by atoms with van der Waals surface area (Å²) in [6, 6.07) is 16.2. The number of benzene rings is 2. The van der Waals surface area contributed by atoms with Crippen molar-refractivity contribution in [2.24, 2.45) is 0 Å². The van der Waals surface area contributed by atoms with Crippen molar-refractivity contribution in [1.29, 1.82) is 0 Å². The molecule has 0 unspecified atom stereocenters. The zero-order chi connectivity index (χ0) is 18.6. The second-order valence-corrected chi connectivity index (χ2v) is 8.23. The fourth-order valence-corrected chi connectivity index (χ4v) is 4.72. The van der Waals surface area contributed by atoms with Gasteiger partial charge in [0.1, 0.15) is 44.3 Å². The van der Waals surface area contributed by atoms with E-state index in [1.54, 1.807) is 9.80 Å². The van der Waals surface area contributed by atoms with Gasteiger partial charge in [0.25, 0.3) is 0 Å². The molecule has 1 aliphatic rings. The number of ether oxygens (including phenoxy) is 1. The lowest BCUT2D eigenvalue weighted by atomic mass is 10.1. The maximum absolute atomic E-state index is 11.5. The molecular weight excluding hydrogens is 358 g/mol. The molecule has 0 atom stereocenters. The van der Waals surface area contributed by atoms with Gasteiger partial charge in [-0.1, -0.05) is 24.3 Å². The normalized spacial score (nSPS) is 19.9.